The number of carbonyl (C=O) groups excluding carboxylic acids is 1. The standard InChI is InChI=1S/C28H39N7O/c1-4-16-34(23-10-5-8-20-9-7-15-30-26(20)23)19-22-27(28(29)36)35-24(31-22)11-6-12-25(35)33-17-13-21(14-18-33)32(2)3/h6-7,9,11-12,15,21,23H,4-5,8,10,13-14,16-19H2,1-3H3,(H2,29,36)/t23-/m0/s1. The summed E-state index contributed by atoms with van der Waals surface area (Å²) in [6.07, 6.45) is 8.38. The fraction of sp³-hybridized carbons (Fsp3) is 0.536. The monoisotopic (exact) mass is 489 g/mol. The van der Waals surface area contributed by atoms with Crippen LogP contribution in [0.25, 0.3) is 5.65 Å². The van der Waals surface area contributed by atoms with Gasteiger partial charge in [-0.3, -0.25) is 19.1 Å². The van der Waals surface area contributed by atoms with Crippen molar-refractivity contribution >= 4 is 17.4 Å². The van der Waals surface area contributed by atoms with Crippen molar-refractivity contribution in [2.75, 3.05) is 38.6 Å². The van der Waals surface area contributed by atoms with Crippen LogP contribution < -0.4 is 10.6 Å². The summed E-state index contributed by atoms with van der Waals surface area (Å²) in [7, 11) is 4.30. The Morgan fingerprint density at radius 3 is 2.67 bits per heavy atom. The predicted octanol–water partition coefficient (Wildman–Crippen LogP) is 3.65. The zero-order valence-electron chi connectivity index (χ0n) is 21.9. The van der Waals surface area contributed by atoms with Gasteiger partial charge in [0, 0.05) is 31.9 Å². The molecule has 2 aliphatic rings. The minimum absolute atomic E-state index is 0.227. The molecule has 0 radical (unpaired) electrons. The molecule has 0 spiro atoms. The van der Waals surface area contributed by atoms with Gasteiger partial charge in [-0.1, -0.05) is 19.1 Å². The van der Waals surface area contributed by atoms with Crippen LogP contribution in [0.3, 0.4) is 0 Å². The van der Waals surface area contributed by atoms with Gasteiger partial charge in [0.25, 0.3) is 5.91 Å². The molecular weight excluding hydrogens is 450 g/mol. The number of hydrogen-bond acceptors (Lipinski definition) is 6. The van der Waals surface area contributed by atoms with Crippen LogP contribution in [0.2, 0.25) is 0 Å². The molecule has 3 aromatic rings. The molecule has 0 bridgehead atoms. The normalized spacial score (nSPS) is 18.8. The number of rotatable bonds is 8. The third-order valence-corrected chi connectivity index (χ3v) is 7.92. The number of aromatic nitrogens is 3. The minimum atomic E-state index is -0.424. The summed E-state index contributed by atoms with van der Waals surface area (Å²) < 4.78 is 1.99. The summed E-state index contributed by atoms with van der Waals surface area (Å²) in [5, 5.41) is 0. The zero-order valence-corrected chi connectivity index (χ0v) is 21.9. The summed E-state index contributed by atoms with van der Waals surface area (Å²) in [4.78, 5) is 29.8. The first kappa shape index (κ1) is 24.7. The Morgan fingerprint density at radius 2 is 1.94 bits per heavy atom. The molecule has 5 rings (SSSR count). The van der Waals surface area contributed by atoms with Gasteiger partial charge in [0.2, 0.25) is 0 Å². The fourth-order valence-corrected chi connectivity index (χ4v) is 6.11. The Hall–Kier alpha value is -2.97. The van der Waals surface area contributed by atoms with E-state index in [4.69, 9.17) is 15.7 Å². The molecule has 1 aliphatic heterocycles. The predicted molar refractivity (Wildman–Crippen MR) is 143 cm³/mol. The van der Waals surface area contributed by atoms with Crippen molar-refractivity contribution in [2.45, 2.75) is 64.1 Å². The summed E-state index contributed by atoms with van der Waals surface area (Å²) in [5.74, 6) is 0.579. The van der Waals surface area contributed by atoms with E-state index in [-0.39, 0.29) is 6.04 Å². The summed E-state index contributed by atoms with van der Waals surface area (Å²) in [6.45, 7) is 5.58. The van der Waals surface area contributed by atoms with Crippen molar-refractivity contribution in [1.29, 1.82) is 0 Å². The molecule has 0 unspecified atom stereocenters. The molecule has 1 fully saturated rings. The van der Waals surface area contributed by atoms with Gasteiger partial charge < -0.3 is 15.5 Å². The highest BCUT2D eigenvalue weighted by molar-refractivity contribution is 5.94. The average Bonchev–Trinajstić information content (AvgIpc) is 3.26. The molecule has 0 saturated carbocycles. The van der Waals surface area contributed by atoms with Crippen molar-refractivity contribution in [3.8, 4) is 0 Å². The van der Waals surface area contributed by atoms with E-state index in [1.54, 1.807) is 0 Å². The first-order valence-corrected chi connectivity index (χ1v) is 13.4. The number of piperidine rings is 1. The second-order valence-electron chi connectivity index (χ2n) is 10.5. The Kier molecular flexibility index (Phi) is 7.25. The molecule has 3 aromatic heterocycles. The van der Waals surface area contributed by atoms with E-state index in [1.165, 1.54) is 11.3 Å². The van der Waals surface area contributed by atoms with Crippen LogP contribution in [-0.2, 0) is 13.0 Å². The van der Waals surface area contributed by atoms with E-state index in [9.17, 15) is 4.79 Å². The maximum absolute atomic E-state index is 12.9. The highest BCUT2D eigenvalue weighted by Gasteiger charge is 2.30. The second kappa shape index (κ2) is 10.6. The molecular formula is C28H39N7O. The number of pyridine rings is 2. The van der Waals surface area contributed by atoms with E-state index in [2.05, 4.69) is 47.9 Å². The minimum Gasteiger partial charge on any atom is -0.364 e. The maximum Gasteiger partial charge on any atom is 0.267 e. The molecule has 36 heavy (non-hydrogen) atoms. The first-order chi connectivity index (χ1) is 17.5. The van der Waals surface area contributed by atoms with Crippen LogP contribution in [0.4, 0.5) is 5.82 Å². The van der Waals surface area contributed by atoms with Gasteiger partial charge in [-0.15, -0.1) is 0 Å². The lowest BCUT2D eigenvalue weighted by Gasteiger charge is -2.36. The highest BCUT2D eigenvalue weighted by atomic mass is 16.1. The number of imidazole rings is 1. The molecule has 1 atom stereocenters. The van der Waals surface area contributed by atoms with Crippen LogP contribution in [-0.4, -0.2) is 69.8 Å². The van der Waals surface area contributed by atoms with Gasteiger partial charge >= 0.3 is 0 Å². The average molecular weight is 490 g/mol. The van der Waals surface area contributed by atoms with E-state index in [1.807, 2.05) is 28.8 Å². The molecule has 1 aliphatic carbocycles. The summed E-state index contributed by atoms with van der Waals surface area (Å²) in [6, 6.07) is 11.1. The summed E-state index contributed by atoms with van der Waals surface area (Å²) >= 11 is 0. The number of anilines is 1. The van der Waals surface area contributed by atoms with Crippen LogP contribution in [0.15, 0.2) is 36.5 Å². The number of carbonyl (C=O) groups is 1. The van der Waals surface area contributed by atoms with Crippen molar-refractivity contribution in [3.05, 3.63) is 59.2 Å². The molecule has 192 valence electrons. The smallest absolute Gasteiger partial charge is 0.267 e. The van der Waals surface area contributed by atoms with Gasteiger partial charge in [-0.05, 0) is 82.9 Å². The van der Waals surface area contributed by atoms with Gasteiger partial charge in [-0.2, -0.15) is 0 Å². The van der Waals surface area contributed by atoms with Gasteiger partial charge in [0.15, 0.2) is 0 Å². The number of aryl methyl sites for hydroxylation is 1. The molecule has 4 heterocycles. The number of primary amides is 1. The molecule has 8 heteroatoms. The summed E-state index contributed by atoms with van der Waals surface area (Å²) in [5.41, 5.74) is 10.6. The van der Waals surface area contributed by atoms with Crippen LogP contribution in [0.5, 0.6) is 0 Å². The highest BCUT2D eigenvalue weighted by Crippen LogP contribution is 2.34. The second-order valence-corrected chi connectivity index (χ2v) is 10.5. The number of fused-ring (bicyclic) bond motifs is 2. The van der Waals surface area contributed by atoms with Crippen LogP contribution in [0, 0.1) is 0 Å². The lowest BCUT2D eigenvalue weighted by atomic mass is 9.90. The largest absolute Gasteiger partial charge is 0.364 e. The topological polar surface area (TPSA) is 83.0 Å². The van der Waals surface area contributed by atoms with Crippen molar-refractivity contribution in [3.63, 3.8) is 0 Å². The third kappa shape index (κ3) is 4.72. The van der Waals surface area contributed by atoms with Crippen molar-refractivity contribution in [1.82, 2.24) is 24.2 Å². The lowest BCUT2D eigenvalue weighted by molar-refractivity contribution is 0.0990. The van der Waals surface area contributed by atoms with Gasteiger partial charge in [0.1, 0.15) is 17.2 Å². The van der Waals surface area contributed by atoms with E-state index >= 15 is 0 Å². The Labute approximate surface area is 214 Å². The molecule has 2 N–H and O–H groups in total. The molecule has 0 aromatic carbocycles. The third-order valence-electron chi connectivity index (χ3n) is 7.92. The van der Waals surface area contributed by atoms with Crippen molar-refractivity contribution in [2.24, 2.45) is 5.73 Å². The molecule has 1 amide bonds. The van der Waals surface area contributed by atoms with E-state index < -0.39 is 5.91 Å². The van der Waals surface area contributed by atoms with Crippen molar-refractivity contribution < 1.29 is 4.79 Å². The number of nitrogens with zero attached hydrogens (tertiary/aromatic N) is 6. The fourth-order valence-electron chi connectivity index (χ4n) is 6.11. The quantitative estimate of drug-likeness (QED) is 0.520. The Balaban J connectivity index is 1.50. The van der Waals surface area contributed by atoms with Gasteiger partial charge in [-0.25, -0.2) is 4.98 Å². The number of amides is 1. The SMILES string of the molecule is CCCN(Cc1nc2cccc(N3CCC(N(C)C)CC3)n2c1C(N)=O)[C@H]1CCCc2cccnc21. The zero-order chi connectivity index (χ0) is 25.2. The number of hydrogen-bond donors (Lipinski definition) is 1. The molecule has 1 saturated heterocycles. The number of nitrogens with two attached hydrogens (primary N) is 1. The van der Waals surface area contributed by atoms with Crippen LogP contribution in [0.1, 0.15) is 72.5 Å². The Bertz CT molecular complexity index is 1210. The van der Waals surface area contributed by atoms with E-state index in [0.717, 1.165) is 75.3 Å². The van der Waals surface area contributed by atoms with E-state index in [0.29, 0.717) is 18.3 Å². The molecule has 8 nitrogen and oxygen atoms in total. The Morgan fingerprint density at radius 1 is 1.14 bits per heavy atom. The lowest BCUT2D eigenvalue weighted by Crippen LogP contribution is -2.42. The van der Waals surface area contributed by atoms with Crippen LogP contribution >= 0.6 is 0 Å². The van der Waals surface area contributed by atoms with Gasteiger partial charge in [0.05, 0.1) is 17.4 Å². The first-order valence-electron chi connectivity index (χ1n) is 13.4. The maximum atomic E-state index is 12.9.